The lowest BCUT2D eigenvalue weighted by Gasteiger charge is -2.02. The first-order chi connectivity index (χ1) is 4.30. The Morgan fingerprint density at radius 3 is 1.80 bits per heavy atom. The van der Waals surface area contributed by atoms with Gasteiger partial charge in [-0.25, -0.2) is 0 Å². The number of hydrogen-bond donors (Lipinski definition) is 0. The minimum atomic E-state index is 0. The molecule has 0 amide bonds. The van der Waals surface area contributed by atoms with Gasteiger partial charge < -0.3 is 12.4 Å². The van der Waals surface area contributed by atoms with Crippen molar-refractivity contribution in [2.75, 3.05) is 19.1 Å². The molecule has 2 nitrogen and oxygen atoms in total. The molecule has 0 saturated carbocycles. The van der Waals surface area contributed by atoms with E-state index in [1.165, 1.54) is 0 Å². The van der Waals surface area contributed by atoms with Crippen molar-refractivity contribution in [3.63, 3.8) is 0 Å². The van der Waals surface area contributed by atoms with Gasteiger partial charge in [-0.1, -0.05) is 10.7 Å². The molecule has 0 unspecified atom stereocenters. The van der Waals surface area contributed by atoms with Crippen molar-refractivity contribution >= 4 is 0 Å². The average Bonchev–Trinajstić information content (AvgIpc) is 1.90. The average molecular weight is 159 g/mol. The molecule has 0 bridgehead atoms. The molecule has 1 aromatic heterocycles. The van der Waals surface area contributed by atoms with E-state index in [1.807, 2.05) is 54.4 Å². The molecule has 0 spiro atoms. The molecular formula is C7H11ClN2. The van der Waals surface area contributed by atoms with Crippen molar-refractivity contribution in [1.82, 2.24) is 0 Å². The van der Waals surface area contributed by atoms with E-state index in [2.05, 4.69) is 0 Å². The van der Waals surface area contributed by atoms with Crippen LogP contribution in [-0.2, 0) is 0 Å². The van der Waals surface area contributed by atoms with Crippen molar-refractivity contribution in [3.8, 4) is 0 Å². The fourth-order valence-corrected chi connectivity index (χ4v) is 0.656. The maximum absolute atomic E-state index is 2.00. The zero-order valence-corrected chi connectivity index (χ0v) is 6.92. The van der Waals surface area contributed by atoms with Crippen LogP contribution >= 0.6 is 0 Å². The zero-order valence-electron chi connectivity index (χ0n) is 6.16. The van der Waals surface area contributed by atoms with Gasteiger partial charge in [-0.05, 0) is 0 Å². The summed E-state index contributed by atoms with van der Waals surface area (Å²) in [6.45, 7) is 0. The van der Waals surface area contributed by atoms with Crippen LogP contribution in [0.1, 0.15) is 0 Å². The molecule has 0 N–H and O–H groups in total. The van der Waals surface area contributed by atoms with Crippen LogP contribution in [-0.4, -0.2) is 14.1 Å². The quantitative estimate of drug-likeness (QED) is 0.400. The van der Waals surface area contributed by atoms with E-state index in [1.54, 1.807) is 0 Å². The number of rotatable bonds is 1. The number of pyridine rings is 1. The van der Waals surface area contributed by atoms with Crippen LogP contribution in [0.5, 0.6) is 0 Å². The Kier molecular flexibility index (Phi) is 3.81. The van der Waals surface area contributed by atoms with E-state index >= 15 is 0 Å². The molecule has 1 rings (SSSR count). The third kappa shape index (κ3) is 2.23. The summed E-state index contributed by atoms with van der Waals surface area (Å²) < 4.78 is 2.00. The van der Waals surface area contributed by atoms with E-state index in [0.29, 0.717) is 0 Å². The Balaban J connectivity index is 0.000000810. The SMILES string of the molecule is CN(C)[n+]1ccccc1.[Cl-]. The summed E-state index contributed by atoms with van der Waals surface area (Å²) in [5.74, 6) is 0. The predicted octanol–water partition coefficient (Wildman–Crippen LogP) is -2.82. The smallest absolute Gasteiger partial charge is 0.199 e. The predicted molar refractivity (Wildman–Crippen MR) is 36.7 cm³/mol. The van der Waals surface area contributed by atoms with Gasteiger partial charge in [0.15, 0.2) is 12.4 Å². The second-order valence-electron chi connectivity index (χ2n) is 2.10. The molecule has 0 fully saturated rings. The third-order valence-electron chi connectivity index (χ3n) is 1.16. The van der Waals surface area contributed by atoms with Gasteiger partial charge in [0.25, 0.3) is 0 Å². The Bertz CT molecular complexity index is 174. The maximum atomic E-state index is 2.00. The highest BCUT2D eigenvalue weighted by Crippen LogP contribution is 1.74. The highest BCUT2D eigenvalue weighted by Gasteiger charge is 1.95. The highest BCUT2D eigenvalue weighted by atomic mass is 35.5. The number of aromatic nitrogens is 1. The minimum Gasteiger partial charge on any atom is -1.00 e. The lowest BCUT2D eigenvalue weighted by atomic mass is 10.5. The molecule has 10 heavy (non-hydrogen) atoms. The Morgan fingerprint density at radius 1 is 1.00 bits per heavy atom. The zero-order chi connectivity index (χ0) is 6.69. The summed E-state index contributed by atoms with van der Waals surface area (Å²) >= 11 is 0. The van der Waals surface area contributed by atoms with Crippen LogP contribution in [0.4, 0.5) is 0 Å². The van der Waals surface area contributed by atoms with Gasteiger partial charge in [0.05, 0.1) is 14.1 Å². The van der Waals surface area contributed by atoms with Crippen LogP contribution < -0.4 is 22.1 Å². The van der Waals surface area contributed by atoms with Crippen LogP contribution in [0.2, 0.25) is 0 Å². The van der Waals surface area contributed by atoms with Gasteiger partial charge in [0.1, 0.15) is 0 Å². The largest absolute Gasteiger partial charge is 1.00 e. The Hall–Kier alpha value is -0.760. The number of halogens is 1. The van der Waals surface area contributed by atoms with Crippen LogP contribution in [0.15, 0.2) is 30.6 Å². The van der Waals surface area contributed by atoms with Gasteiger partial charge in [-0.3, -0.25) is 0 Å². The van der Waals surface area contributed by atoms with Gasteiger partial charge >= 0.3 is 0 Å². The summed E-state index contributed by atoms with van der Waals surface area (Å²) in [6, 6.07) is 6.00. The summed E-state index contributed by atoms with van der Waals surface area (Å²) in [5, 5.41) is 2.00. The third-order valence-corrected chi connectivity index (χ3v) is 1.16. The summed E-state index contributed by atoms with van der Waals surface area (Å²) in [6.07, 6.45) is 4.00. The molecule has 0 aliphatic heterocycles. The van der Waals surface area contributed by atoms with Gasteiger partial charge in [-0.2, -0.15) is 5.01 Å². The molecule has 3 heteroatoms. The molecule has 0 atom stereocenters. The molecule has 1 aromatic rings. The summed E-state index contributed by atoms with van der Waals surface area (Å²) in [7, 11) is 4.00. The molecule has 0 aliphatic carbocycles. The molecule has 0 saturated heterocycles. The van der Waals surface area contributed by atoms with Gasteiger partial charge in [-0.15, -0.1) is 0 Å². The first-order valence-electron chi connectivity index (χ1n) is 2.94. The van der Waals surface area contributed by atoms with Crippen molar-refractivity contribution in [3.05, 3.63) is 30.6 Å². The lowest BCUT2D eigenvalue weighted by molar-refractivity contribution is -0.687. The first-order valence-corrected chi connectivity index (χ1v) is 2.94. The summed E-state index contributed by atoms with van der Waals surface area (Å²) in [5.41, 5.74) is 0. The molecular weight excluding hydrogens is 148 g/mol. The van der Waals surface area contributed by atoms with E-state index in [4.69, 9.17) is 0 Å². The van der Waals surface area contributed by atoms with Crippen molar-refractivity contribution in [2.45, 2.75) is 0 Å². The first kappa shape index (κ1) is 9.24. The molecule has 0 aromatic carbocycles. The van der Waals surface area contributed by atoms with E-state index < -0.39 is 0 Å². The highest BCUT2D eigenvalue weighted by molar-refractivity contribution is 4.84. The lowest BCUT2D eigenvalue weighted by Crippen LogP contribution is -3.00. The Morgan fingerprint density at radius 2 is 1.50 bits per heavy atom. The van der Waals surface area contributed by atoms with Crippen molar-refractivity contribution in [1.29, 1.82) is 0 Å². The molecule has 0 radical (unpaired) electrons. The van der Waals surface area contributed by atoms with Gasteiger partial charge in [0.2, 0.25) is 0 Å². The second-order valence-corrected chi connectivity index (χ2v) is 2.10. The standard InChI is InChI=1S/C7H11N2.ClH/c1-8(2)9-6-4-3-5-7-9;/h3-7H,1-2H3;1H/q+1;/p-1. The minimum absolute atomic E-state index is 0. The Labute approximate surface area is 67.5 Å². The monoisotopic (exact) mass is 158 g/mol. The second kappa shape index (κ2) is 4.12. The molecule has 0 aliphatic rings. The number of nitrogens with zero attached hydrogens (tertiary/aromatic N) is 2. The van der Waals surface area contributed by atoms with E-state index in [-0.39, 0.29) is 12.4 Å². The number of hydrogen-bond acceptors (Lipinski definition) is 1. The fraction of sp³-hybridized carbons (Fsp3) is 0.286. The van der Waals surface area contributed by atoms with Crippen molar-refractivity contribution < 1.29 is 17.1 Å². The summed E-state index contributed by atoms with van der Waals surface area (Å²) in [4.78, 5) is 0. The normalized spacial score (nSPS) is 8.20. The van der Waals surface area contributed by atoms with E-state index in [9.17, 15) is 0 Å². The van der Waals surface area contributed by atoms with Crippen molar-refractivity contribution in [2.24, 2.45) is 0 Å². The van der Waals surface area contributed by atoms with Gasteiger partial charge in [0, 0.05) is 12.1 Å². The fourth-order valence-electron chi connectivity index (χ4n) is 0.656. The molecule has 1 heterocycles. The van der Waals surface area contributed by atoms with Crippen LogP contribution in [0.3, 0.4) is 0 Å². The van der Waals surface area contributed by atoms with Crippen LogP contribution in [0.25, 0.3) is 0 Å². The maximum Gasteiger partial charge on any atom is 0.199 e. The topological polar surface area (TPSA) is 7.12 Å². The molecule has 56 valence electrons. The van der Waals surface area contributed by atoms with Crippen LogP contribution in [0, 0.1) is 0 Å². The van der Waals surface area contributed by atoms with E-state index in [0.717, 1.165) is 0 Å².